The average Bonchev–Trinajstić information content (AvgIpc) is 2.35. The van der Waals surface area contributed by atoms with Crippen LogP contribution in [0.5, 0.6) is 0 Å². The Morgan fingerprint density at radius 1 is 1.41 bits per heavy atom. The Labute approximate surface area is 106 Å². The Hall–Kier alpha value is -0.750. The van der Waals surface area contributed by atoms with E-state index in [-0.39, 0.29) is 5.91 Å². The Morgan fingerprint density at radius 2 is 2.12 bits per heavy atom. The van der Waals surface area contributed by atoms with Gasteiger partial charge in [-0.15, -0.1) is 0 Å². The fraction of sp³-hybridized carbons (Fsp3) is 0.818. The molecule has 0 aromatic rings. The predicted octanol–water partition coefficient (Wildman–Crippen LogP) is 0.978. The largest absolute Gasteiger partial charge is 0.306 e. The fourth-order valence-electron chi connectivity index (χ4n) is 2.25. The summed E-state index contributed by atoms with van der Waals surface area (Å²) in [5, 5.41) is 9.86. The van der Waals surface area contributed by atoms with Crippen LogP contribution in [0.25, 0.3) is 0 Å². The van der Waals surface area contributed by atoms with Crippen molar-refractivity contribution in [2.45, 2.75) is 50.2 Å². The maximum atomic E-state index is 11.7. The molecule has 1 atom stereocenters. The molecule has 0 aromatic carbocycles. The van der Waals surface area contributed by atoms with Gasteiger partial charge in [-0.1, -0.05) is 31.0 Å². The maximum absolute atomic E-state index is 11.7. The highest BCUT2D eigenvalue weighted by Crippen LogP contribution is 2.23. The number of thioether (sulfide) groups is 1. The van der Waals surface area contributed by atoms with Crippen molar-refractivity contribution in [3.8, 4) is 0 Å². The number of carbonyl (C=O) groups excluding carboxylic acids is 1. The molecule has 0 unspecified atom stereocenters. The molecule has 3 N–H and O–H groups in total. The second-order valence-corrected chi connectivity index (χ2v) is 5.65. The first-order valence-corrected chi connectivity index (χ1v) is 7.34. The number of nitrogens with zero attached hydrogens (tertiary/aromatic N) is 1. The Bertz CT molecular complexity index is 327. The summed E-state index contributed by atoms with van der Waals surface area (Å²) in [6, 6.07) is 0.456. The van der Waals surface area contributed by atoms with Gasteiger partial charge in [0.2, 0.25) is 5.12 Å². The molecule has 1 saturated carbocycles. The molecule has 0 spiro atoms. The van der Waals surface area contributed by atoms with Gasteiger partial charge in [0.15, 0.2) is 0 Å². The molecule has 0 saturated heterocycles. The molecule has 5 nitrogen and oxygen atoms in total. The maximum Gasteiger partial charge on any atom is 0.270 e. The van der Waals surface area contributed by atoms with Gasteiger partial charge in [-0.3, -0.25) is 15.5 Å². The van der Waals surface area contributed by atoms with Gasteiger partial charge in [0.1, 0.15) is 5.71 Å². The zero-order valence-electron chi connectivity index (χ0n) is 10.4. The molecule has 6 heteroatoms. The van der Waals surface area contributed by atoms with E-state index in [0.717, 1.165) is 0 Å². The number of hydrogen-bond acceptors (Lipinski definition) is 5. The molecule has 2 aliphatic rings. The van der Waals surface area contributed by atoms with E-state index in [1.54, 1.807) is 6.92 Å². The van der Waals surface area contributed by atoms with Crippen LogP contribution in [-0.4, -0.2) is 29.0 Å². The number of nitrogens with one attached hydrogen (secondary N) is 3. The topological polar surface area (TPSA) is 65.5 Å². The standard InChI is InChI=1S/C11H20N4OS/c1-8-10(16)13-11(17-2,15-14-8)12-9-6-4-3-5-7-9/h9,12,15H,3-7H2,1-2H3,(H,13,16)/t11-/m0/s1. The molecule has 0 bridgehead atoms. The van der Waals surface area contributed by atoms with Gasteiger partial charge >= 0.3 is 0 Å². The number of rotatable bonds is 3. The molecule has 17 heavy (non-hydrogen) atoms. The van der Waals surface area contributed by atoms with Gasteiger partial charge in [-0.2, -0.15) is 5.10 Å². The van der Waals surface area contributed by atoms with Crippen molar-refractivity contribution >= 4 is 23.4 Å². The number of hydrazone groups is 1. The van der Waals surface area contributed by atoms with Crippen LogP contribution < -0.4 is 16.1 Å². The molecule has 2 rings (SSSR count). The third kappa shape index (κ3) is 2.93. The molecule has 1 fully saturated rings. The van der Waals surface area contributed by atoms with E-state index in [0.29, 0.717) is 11.8 Å². The summed E-state index contributed by atoms with van der Waals surface area (Å²) >= 11 is 1.53. The van der Waals surface area contributed by atoms with E-state index in [1.807, 2.05) is 6.26 Å². The Morgan fingerprint density at radius 3 is 2.71 bits per heavy atom. The molecule has 0 aromatic heterocycles. The highest BCUT2D eigenvalue weighted by atomic mass is 32.2. The summed E-state index contributed by atoms with van der Waals surface area (Å²) in [5.74, 6) is -0.110. The quantitative estimate of drug-likeness (QED) is 0.659. The summed E-state index contributed by atoms with van der Waals surface area (Å²) in [7, 11) is 0. The van der Waals surface area contributed by atoms with Crippen molar-refractivity contribution in [2.75, 3.05) is 6.26 Å². The predicted molar refractivity (Wildman–Crippen MR) is 70.6 cm³/mol. The number of hydrogen-bond donors (Lipinski definition) is 3. The minimum Gasteiger partial charge on any atom is -0.306 e. The van der Waals surface area contributed by atoms with Gasteiger partial charge in [-0.25, -0.2) is 0 Å². The van der Waals surface area contributed by atoms with Crippen LogP contribution in [0, 0.1) is 0 Å². The van der Waals surface area contributed by atoms with Crippen molar-refractivity contribution in [1.82, 2.24) is 16.1 Å². The van der Waals surface area contributed by atoms with E-state index in [9.17, 15) is 4.79 Å². The first-order chi connectivity index (χ1) is 8.15. The fourth-order valence-corrected chi connectivity index (χ4v) is 2.87. The molecule has 1 amide bonds. The summed E-state index contributed by atoms with van der Waals surface area (Å²) < 4.78 is 0. The van der Waals surface area contributed by atoms with Crippen LogP contribution in [0.4, 0.5) is 0 Å². The first kappa shape index (κ1) is 12.7. The summed E-state index contributed by atoms with van der Waals surface area (Å²) in [6.07, 6.45) is 8.14. The zero-order valence-corrected chi connectivity index (χ0v) is 11.2. The highest BCUT2D eigenvalue weighted by Gasteiger charge is 2.36. The highest BCUT2D eigenvalue weighted by molar-refractivity contribution is 7.99. The number of carbonyl (C=O) groups is 1. The normalized spacial score (nSPS) is 30.5. The summed E-state index contributed by atoms with van der Waals surface area (Å²) in [6.45, 7) is 1.70. The molecular formula is C11H20N4OS. The molecule has 1 aliphatic heterocycles. The van der Waals surface area contributed by atoms with Crippen LogP contribution in [0.2, 0.25) is 0 Å². The summed E-state index contributed by atoms with van der Waals surface area (Å²) in [4.78, 5) is 11.7. The molecule has 0 radical (unpaired) electrons. The van der Waals surface area contributed by atoms with Gasteiger partial charge < -0.3 is 5.32 Å². The second-order valence-electron chi connectivity index (χ2n) is 4.63. The first-order valence-electron chi connectivity index (χ1n) is 6.12. The molecule has 1 heterocycles. The van der Waals surface area contributed by atoms with Crippen LogP contribution in [0.15, 0.2) is 5.10 Å². The zero-order chi connectivity index (χ0) is 12.3. The van der Waals surface area contributed by atoms with Gasteiger partial charge in [0.05, 0.1) is 0 Å². The lowest BCUT2D eigenvalue weighted by Gasteiger charge is -2.39. The Kier molecular flexibility index (Phi) is 3.93. The molecule has 1 aliphatic carbocycles. The van der Waals surface area contributed by atoms with E-state index < -0.39 is 5.12 Å². The van der Waals surface area contributed by atoms with Crippen molar-refractivity contribution < 1.29 is 4.79 Å². The van der Waals surface area contributed by atoms with E-state index in [1.165, 1.54) is 43.9 Å². The monoisotopic (exact) mass is 256 g/mol. The van der Waals surface area contributed by atoms with Crippen LogP contribution in [0.1, 0.15) is 39.0 Å². The van der Waals surface area contributed by atoms with Crippen molar-refractivity contribution in [3.63, 3.8) is 0 Å². The molecular weight excluding hydrogens is 236 g/mol. The lowest BCUT2D eigenvalue weighted by atomic mass is 9.95. The summed E-state index contributed by atoms with van der Waals surface area (Å²) in [5.41, 5.74) is 3.49. The lowest BCUT2D eigenvalue weighted by Crippen LogP contribution is -2.69. The van der Waals surface area contributed by atoms with E-state index in [4.69, 9.17) is 0 Å². The minimum absolute atomic E-state index is 0.110. The van der Waals surface area contributed by atoms with Crippen molar-refractivity contribution in [2.24, 2.45) is 5.10 Å². The van der Waals surface area contributed by atoms with Gasteiger partial charge in [0, 0.05) is 6.04 Å². The van der Waals surface area contributed by atoms with Crippen LogP contribution in [-0.2, 0) is 4.79 Å². The van der Waals surface area contributed by atoms with Crippen molar-refractivity contribution in [3.05, 3.63) is 0 Å². The lowest BCUT2D eigenvalue weighted by molar-refractivity contribution is -0.117. The van der Waals surface area contributed by atoms with Crippen LogP contribution >= 0.6 is 11.8 Å². The van der Waals surface area contributed by atoms with Crippen molar-refractivity contribution in [1.29, 1.82) is 0 Å². The van der Waals surface area contributed by atoms with Gasteiger partial charge in [0.25, 0.3) is 5.91 Å². The third-order valence-electron chi connectivity index (χ3n) is 3.32. The van der Waals surface area contributed by atoms with Gasteiger partial charge in [-0.05, 0) is 26.0 Å². The average molecular weight is 256 g/mol. The SMILES string of the molecule is CS[C@]1(NC2CCCCC2)NN=C(C)C(=O)N1. The Balaban J connectivity index is 2.02. The number of amides is 1. The van der Waals surface area contributed by atoms with Crippen LogP contribution in [0.3, 0.4) is 0 Å². The van der Waals surface area contributed by atoms with E-state index in [2.05, 4.69) is 21.2 Å². The second kappa shape index (κ2) is 5.27. The molecule has 96 valence electrons. The smallest absolute Gasteiger partial charge is 0.270 e. The van der Waals surface area contributed by atoms with E-state index >= 15 is 0 Å². The third-order valence-corrected chi connectivity index (χ3v) is 4.24. The minimum atomic E-state index is -0.640.